The number of methoxy groups -OCH3 is 1. The van der Waals surface area contributed by atoms with Gasteiger partial charge in [-0.25, -0.2) is 0 Å². The Hall–Kier alpha value is -2.77. The van der Waals surface area contributed by atoms with Crippen LogP contribution in [0.15, 0.2) is 55.1 Å². The van der Waals surface area contributed by atoms with E-state index in [1.54, 1.807) is 13.2 Å². The molecular formula is C22H26N2O4S. The van der Waals surface area contributed by atoms with Gasteiger partial charge in [-0.1, -0.05) is 30.9 Å². The third kappa shape index (κ3) is 5.62. The number of hydrogen-bond donors (Lipinski definition) is 1. The smallest absolute Gasteiger partial charge is 0.173 e. The van der Waals surface area contributed by atoms with E-state index in [2.05, 4.69) is 11.9 Å². The number of benzene rings is 2. The Labute approximate surface area is 177 Å². The molecule has 1 aliphatic rings. The molecule has 0 radical (unpaired) electrons. The molecule has 0 amide bonds. The van der Waals surface area contributed by atoms with E-state index in [4.69, 9.17) is 31.2 Å². The van der Waals surface area contributed by atoms with Gasteiger partial charge < -0.3 is 29.2 Å². The molecule has 1 N–H and O–H groups in total. The molecule has 0 saturated heterocycles. The first-order valence-electron chi connectivity index (χ1n) is 9.48. The maximum Gasteiger partial charge on any atom is 0.173 e. The summed E-state index contributed by atoms with van der Waals surface area (Å²) in [7, 11) is 1.66. The molecule has 154 valence electrons. The molecule has 0 bridgehead atoms. The summed E-state index contributed by atoms with van der Waals surface area (Å²) >= 11 is 5.69. The summed E-state index contributed by atoms with van der Waals surface area (Å²) < 4.78 is 22.3. The van der Waals surface area contributed by atoms with Crippen LogP contribution in [-0.2, 0) is 11.3 Å². The predicted molar refractivity (Wildman–Crippen MR) is 118 cm³/mol. The van der Waals surface area contributed by atoms with Crippen LogP contribution in [0.4, 0.5) is 5.69 Å². The fraction of sp³-hybridized carbons (Fsp3) is 0.318. The fourth-order valence-corrected chi connectivity index (χ4v) is 3.20. The van der Waals surface area contributed by atoms with Crippen molar-refractivity contribution in [2.75, 3.05) is 45.0 Å². The monoisotopic (exact) mass is 414 g/mol. The fourth-order valence-electron chi connectivity index (χ4n) is 2.93. The number of nitrogens with one attached hydrogen (secondary N) is 1. The van der Waals surface area contributed by atoms with Crippen LogP contribution in [0.25, 0.3) is 0 Å². The standard InChI is InChI=1S/C22H26N2O4S/c1-3-11-26-19-7-5-4-6-17(19)16-24(22(29)23-10-12-25-2)18-8-9-20-21(15-18)28-14-13-27-20/h3-9,15H,1,10-14,16H2,2H3,(H,23,29). The minimum Gasteiger partial charge on any atom is -0.489 e. The van der Waals surface area contributed by atoms with E-state index in [-0.39, 0.29) is 0 Å². The molecule has 0 fully saturated rings. The van der Waals surface area contributed by atoms with Gasteiger partial charge in [0, 0.05) is 31.0 Å². The molecule has 0 saturated carbocycles. The summed E-state index contributed by atoms with van der Waals surface area (Å²) in [6.45, 7) is 6.97. The van der Waals surface area contributed by atoms with Crippen molar-refractivity contribution in [1.82, 2.24) is 5.32 Å². The van der Waals surface area contributed by atoms with Gasteiger partial charge in [0.2, 0.25) is 0 Å². The van der Waals surface area contributed by atoms with E-state index in [1.807, 2.05) is 47.4 Å². The molecule has 1 heterocycles. The van der Waals surface area contributed by atoms with Crippen molar-refractivity contribution in [2.45, 2.75) is 6.54 Å². The van der Waals surface area contributed by atoms with E-state index < -0.39 is 0 Å². The van der Waals surface area contributed by atoms with Gasteiger partial charge >= 0.3 is 0 Å². The van der Waals surface area contributed by atoms with Crippen LogP contribution in [-0.4, -0.2) is 45.2 Å². The SMILES string of the molecule is C=CCOc1ccccc1CN(C(=S)NCCOC)c1ccc2c(c1)OCCO2. The van der Waals surface area contributed by atoms with E-state index in [9.17, 15) is 0 Å². The molecule has 6 nitrogen and oxygen atoms in total. The lowest BCUT2D eigenvalue weighted by Crippen LogP contribution is -2.40. The predicted octanol–water partition coefficient (Wildman–Crippen LogP) is 3.55. The second-order valence-corrected chi connectivity index (χ2v) is 6.73. The molecule has 1 aliphatic heterocycles. The Bertz CT molecular complexity index is 843. The second-order valence-electron chi connectivity index (χ2n) is 6.35. The summed E-state index contributed by atoms with van der Waals surface area (Å²) in [5.41, 5.74) is 1.92. The average Bonchev–Trinajstić information content (AvgIpc) is 2.76. The zero-order valence-electron chi connectivity index (χ0n) is 16.6. The number of fused-ring (bicyclic) bond motifs is 1. The van der Waals surface area contributed by atoms with E-state index in [1.165, 1.54) is 0 Å². The first-order valence-corrected chi connectivity index (χ1v) is 9.89. The van der Waals surface area contributed by atoms with Gasteiger partial charge in [0.25, 0.3) is 0 Å². The zero-order chi connectivity index (χ0) is 20.5. The van der Waals surface area contributed by atoms with E-state index in [0.717, 1.165) is 28.5 Å². The second kappa shape index (κ2) is 10.7. The van der Waals surface area contributed by atoms with E-state index in [0.29, 0.717) is 44.6 Å². The Kier molecular flexibility index (Phi) is 7.72. The molecule has 2 aromatic carbocycles. The zero-order valence-corrected chi connectivity index (χ0v) is 17.4. The van der Waals surface area contributed by atoms with Crippen LogP contribution in [0.5, 0.6) is 17.2 Å². The Morgan fingerprint density at radius 1 is 1.21 bits per heavy atom. The average molecular weight is 415 g/mol. The molecular weight excluding hydrogens is 388 g/mol. The lowest BCUT2D eigenvalue weighted by Gasteiger charge is -2.28. The number of thiocarbonyl (C=S) groups is 1. The lowest BCUT2D eigenvalue weighted by molar-refractivity contribution is 0.171. The molecule has 3 rings (SSSR count). The van der Waals surface area contributed by atoms with Gasteiger partial charge in [-0.3, -0.25) is 0 Å². The topological polar surface area (TPSA) is 52.2 Å². The lowest BCUT2D eigenvalue weighted by atomic mass is 10.1. The third-order valence-corrected chi connectivity index (χ3v) is 4.69. The van der Waals surface area contributed by atoms with Gasteiger partial charge in [0.1, 0.15) is 25.6 Å². The maximum absolute atomic E-state index is 5.82. The van der Waals surface area contributed by atoms with Crippen LogP contribution in [0.1, 0.15) is 5.56 Å². The largest absolute Gasteiger partial charge is 0.489 e. The minimum absolute atomic E-state index is 0.442. The molecule has 7 heteroatoms. The van der Waals surface area contributed by atoms with Crippen molar-refractivity contribution in [3.8, 4) is 17.2 Å². The van der Waals surface area contributed by atoms with Crippen LogP contribution in [0.2, 0.25) is 0 Å². The highest BCUT2D eigenvalue weighted by Crippen LogP contribution is 2.35. The molecule has 0 aliphatic carbocycles. The molecule has 0 unspecified atom stereocenters. The van der Waals surface area contributed by atoms with Crippen LogP contribution >= 0.6 is 12.2 Å². The Balaban J connectivity index is 1.87. The highest BCUT2D eigenvalue weighted by Gasteiger charge is 2.19. The van der Waals surface area contributed by atoms with Crippen LogP contribution < -0.4 is 24.4 Å². The van der Waals surface area contributed by atoms with Gasteiger partial charge in [-0.15, -0.1) is 0 Å². The number of rotatable bonds is 9. The van der Waals surface area contributed by atoms with Crippen molar-refractivity contribution in [3.63, 3.8) is 0 Å². The molecule has 0 spiro atoms. The van der Waals surface area contributed by atoms with Gasteiger partial charge in [-0.2, -0.15) is 0 Å². The third-order valence-electron chi connectivity index (χ3n) is 4.32. The number of para-hydroxylation sites is 1. The van der Waals surface area contributed by atoms with Crippen LogP contribution in [0.3, 0.4) is 0 Å². The highest BCUT2D eigenvalue weighted by molar-refractivity contribution is 7.80. The summed E-state index contributed by atoms with van der Waals surface area (Å²) in [4.78, 5) is 2.01. The summed E-state index contributed by atoms with van der Waals surface area (Å²) in [6, 6.07) is 13.8. The van der Waals surface area contributed by atoms with E-state index >= 15 is 0 Å². The van der Waals surface area contributed by atoms with Crippen molar-refractivity contribution in [3.05, 3.63) is 60.7 Å². The summed E-state index contributed by atoms with van der Waals surface area (Å²) in [5, 5.41) is 3.84. The Morgan fingerprint density at radius 3 is 2.79 bits per heavy atom. The molecule has 0 atom stereocenters. The Morgan fingerprint density at radius 2 is 2.00 bits per heavy atom. The molecule has 29 heavy (non-hydrogen) atoms. The van der Waals surface area contributed by atoms with Crippen molar-refractivity contribution < 1.29 is 18.9 Å². The normalized spacial score (nSPS) is 12.2. The summed E-state index contributed by atoms with van der Waals surface area (Å²) in [5.74, 6) is 2.26. The summed E-state index contributed by atoms with van der Waals surface area (Å²) in [6.07, 6.45) is 1.73. The van der Waals surface area contributed by atoms with Crippen LogP contribution in [0, 0.1) is 0 Å². The van der Waals surface area contributed by atoms with Gasteiger partial charge in [-0.05, 0) is 30.4 Å². The number of ether oxygens (including phenoxy) is 4. The van der Waals surface area contributed by atoms with Crippen molar-refractivity contribution in [2.24, 2.45) is 0 Å². The first kappa shape index (κ1) is 21.0. The molecule has 0 aromatic heterocycles. The van der Waals surface area contributed by atoms with Crippen molar-refractivity contribution in [1.29, 1.82) is 0 Å². The minimum atomic E-state index is 0.442. The van der Waals surface area contributed by atoms with Gasteiger partial charge in [0.05, 0.1) is 13.2 Å². The number of nitrogens with zero attached hydrogens (tertiary/aromatic N) is 1. The number of anilines is 1. The first-order chi connectivity index (χ1) is 14.2. The molecule has 2 aromatic rings. The van der Waals surface area contributed by atoms with Gasteiger partial charge in [0.15, 0.2) is 16.6 Å². The van der Waals surface area contributed by atoms with Crippen molar-refractivity contribution >= 4 is 23.0 Å². The number of hydrogen-bond acceptors (Lipinski definition) is 5. The quantitative estimate of drug-likeness (QED) is 0.383. The highest BCUT2D eigenvalue weighted by atomic mass is 32.1. The maximum atomic E-state index is 5.82.